The van der Waals surface area contributed by atoms with E-state index in [9.17, 15) is 9.59 Å². The standard InChI is InChI=1S/C18H24N4O2/c1-18(2,3)14-9-13-7-5-6-8-15(13)21(10-14)16(23)11-22-17(24)20(4)12-19-22/h5-8,12,14H,9-11H2,1-4H3. The molecule has 1 aliphatic rings. The second kappa shape index (κ2) is 5.92. The number of nitrogens with zero attached hydrogens (tertiary/aromatic N) is 4. The molecule has 0 saturated heterocycles. The highest BCUT2D eigenvalue weighted by Crippen LogP contribution is 2.37. The summed E-state index contributed by atoms with van der Waals surface area (Å²) in [6, 6.07) is 8.02. The molecule has 2 aromatic rings. The number of rotatable bonds is 2. The van der Waals surface area contributed by atoms with Crippen molar-refractivity contribution >= 4 is 11.6 Å². The van der Waals surface area contributed by atoms with Crippen LogP contribution in [0.1, 0.15) is 26.3 Å². The molecule has 0 N–H and O–H groups in total. The van der Waals surface area contributed by atoms with Crippen LogP contribution in [0.3, 0.4) is 0 Å². The lowest BCUT2D eigenvalue weighted by atomic mass is 9.75. The predicted molar refractivity (Wildman–Crippen MR) is 92.9 cm³/mol. The highest BCUT2D eigenvalue weighted by Gasteiger charge is 2.34. The molecule has 1 aromatic heterocycles. The maximum Gasteiger partial charge on any atom is 0.345 e. The third kappa shape index (κ3) is 3.00. The fourth-order valence-electron chi connectivity index (χ4n) is 3.15. The lowest BCUT2D eigenvalue weighted by Gasteiger charge is -2.40. The molecule has 1 unspecified atom stereocenters. The Kier molecular flexibility index (Phi) is 4.07. The summed E-state index contributed by atoms with van der Waals surface area (Å²) in [5.74, 6) is 0.272. The molecule has 0 fully saturated rings. The molecule has 0 radical (unpaired) electrons. The van der Waals surface area contributed by atoms with Crippen molar-refractivity contribution in [2.24, 2.45) is 18.4 Å². The number of anilines is 1. The van der Waals surface area contributed by atoms with Crippen molar-refractivity contribution in [1.29, 1.82) is 0 Å². The van der Waals surface area contributed by atoms with Crippen LogP contribution in [0.25, 0.3) is 0 Å². The first-order valence-electron chi connectivity index (χ1n) is 8.24. The van der Waals surface area contributed by atoms with E-state index in [2.05, 4.69) is 31.9 Å². The molecule has 6 nitrogen and oxygen atoms in total. The van der Waals surface area contributed by atoms with E-state index < -0.39 is 0 Å². The Bertz CT molecular complexity index is 813. The number of aromatic nitrogens is 3. The van der Waals surface area contributed by atoms with Gasteiger partial charge in [0.2, 0.25) is 5.91 Å². The Labute approximate surface area is 141 Å². The van der Waals surface area contributed by atoms with Crippen molar-refractivity contribution < 1.29 is 4.79 Å². The van der Waals surface area contributed by atoms with E-state index in [0.29, 0.717) is 12.5 Å². The van der Waals surface area contributed by atoms with Crippen LogP contribution in [-0.4, -0.2) is 26.8 Å². The second-order valence-corrected chi connectivity index (χ2v) is 7.58. The van der Waals surface area contributed by atoms with Crippen LogP contribution in [0.4, 0.5) is 5.69 Å². The Hall–Kier alpha value is -2.37. The third-order valence-corrected chi connectivity index (χ3v) is 4.85. The average molecular weight is 328 g/mol. The molecule has 0 spiro atoms. The third-order valence-electron chi connectivity index (χ3n) is 4.85. The maximum atomic E-state index is 12.9. The molecule has 128 valence electrons. The van der Waals surface area contributed by atoms with Gasteiger partial charge in [0.15, 0.2) is 0 Å². The number of carbonyl (C=O) groups is 1. The van der Waals surface area contributed by atoms with E-state index in [1.165, 1.54) is 21.1 Å². The summed E-state index contributed by atoms with van der Waals surface area (Å²) in [4.78, 5) is 26.6. The number of fused-ring (bicyclic) bond motifs is 1. The first-order valence-corrected chi connectivity index (χ1v) is 8.24. The zero-order valence-electron chi connectivity index (χ0n) is 14.7. The van der Waals surface area contributed by atoms with Crippen LogP contribution in [0, 0.1) is 11.3 Å². The van der Waals surface area contributed by atoms with Gasteiger partial charge in [-0.05, 0) is 29.4 Å². The molecule has 0 bridgehead atoms. The molecular weight excluding hydrogens is 304 g/mol. The van der Waals surface area contributed by atoms with Gasteiger partial charge < -0.3 is 4.90 Å². The zero-order valence-corrected chi connectivity index (χ0v) is 14.7. The van der Waals surface area contributed by atoms with E-state index in [1.807, 2.05) is 23.1 Å². The second-order valence-electron chi connectivity index (χ2n) is 7.58. The van der Waals surface area contributed by atoms with Crippen molar-refractivity contribution in [1.82, 2.24) is 14.3 Å². The van der Waals surface area contributed by atoms with E-state index >= 15 is 0 Å². The van der Waals surface area contributed by atoms with Crippen molar-refractivity contribution in [3.63, 3.8) is 0 Å². The Morgan fingerprint density at radius 3 is 2.62 bits per heavy atom. The van der Waals surface area contributed by atoms with Gasteiger partial charge in [0.1, 0.15) is 12.9 Å². The first kappa shape index (κ1) is 16.5. The van der Waals surface area contributed by atoms with Crippen molar-refractivity contribution in [2.45, 2.75) is 33.7 Å². The van der Waals surface area contributed by atoms with Gasteiger partial charge >= 0.3 is 5.69 Å². The average Bonchev–Trinajstić information content (AvgIpc) is 2.85. The highest BCUT2D eigenvalue weighted by molar-refractivity contribution is 5.94. The number of amides is 1. The van der Waals surface area contributed by atoms with Crippen LogP contribution < -0.4 is 10.6 Å². The molecule has 1 aromatic carbocycles. The summed E-state index contributed by atoms with van der Waals surface area (Å²) in [6.45, 7) is 7.25. The largest absolute Gasteiger partial charge is 0.345 e. The topological polar surface area (TPSA) is 60.1 Å². The number of hydrogen-bond acceptors (Lipinski definition) is 3. The molecule has 6 heteroatoms. The van der Waals surface area contributed by atoms with Crippen LogP contribution in [-0.2, 0) is 24.8 Å². The smallest absolute Gasteiger partial charge is 0.310 e. The van der Waals surface area contributed by atoms with Crippen molar-refractivity contribution in [3.05, 3.63) is 46.6 Å². The van der Waals surface area contributed by atoms with E-state index in [1.54, 1.807) is 7.05 Å². The van der Waals surface area contributed by atoms with Crippen molar-refractivity contribution in [2.75, 3.05) is 11.4 Å². The SMILES string of the molecule is Cn1cnn(CC(=O)N2CC(C(C)(C)C)Cc3ccccc32)c1=O. The Morgan fingerprint density at radius 1 is 1.29 bits per heavy atom. The van der Waals surface area contributed by atoms with Gasteiger partial charge in [0.25, 0.3) is 0 Å². The molecule has 0 saturated carbocycles. The van der Waals surface area contributed by atoms with E-state index in [4.69, 9.17) is 0 Å². The molecule has 0 aliphatic carbocycles. The molecule has 2 heterocycles. The normalized spacial score (nSPS) is 17.7. The van der Waals surface area contributed by atoms with Crippen molar-refractivity contribution in [3.8, 4) is 0 Å². The molecule has 24 heavy (non-hydrogen) atoms. The minimum absolute atomic E-state index is 0.0368. The lowest BCUT2D eigenvalue weighted by Crippen LogP contribution is -2.46. The minimum Gasteiger partial charge on any atom is -0.310 e. The van der Waals surface area contributed by atoms with Crippen LogP contribution >= 0.6 is 0 Å². The summed E-state index contributed by atoms with van der Waals surface area (Å²) in [5.41, 5.74) is 1.96. The van der Waals surface area contributed by atoms with Crippen LogP contribution in [0.2, 0.25) is 0 Å². The van der Waals surface area contributed by atoms with Gasteiger partial charge in [-0.15, -0.1) is 0 Å². The molecule has 1 aliphatic heterocycles. The van der Waals surface area contributed by atoms with Gasteiger partial charge in [0, 0.05) is 19.3 Å². The van der Waals surface area contributed by atoms with Crippen LogP contribution in [0.5, 0.6) is 0 Å². The number of aryl methyl sites for hydroxylation is 1. The van der Waals surface area contributed by atoms with Crippen LogP contribution in [0.15, 0.2) is 35.4 Å². The van der Waals surface area contributed by atoms with Gasteiger partial charge in [-0.3, -0.25) is 9.36 Å². The Balaban J connectivity index is 1.91. The number of carbonyl (C=O) groups excluding carboxylic acids is 1. The Morgan fingerprint density at radius 2 is 2.00 bits per heavy atom. The highest BCUT2D eigenvalue weighted by atomic mass is 16.2. The fraction of sp³-hybridized carbons (Fsp3) is 0.500. The van der Waals surface area contributed by atoms with Gasteiger partial charge in [-0.1, -0.05) is 39.0 Å². The summed E-state index contributed by atoms with van der Waals surface area (Å²) in [7, 11) is 1.63. The number of benzene rings is 1. The molecule has 1 atom stereocenters. The number of hydrogen-bond donors (Lipinski definition) is 0. The van der Waals surface area contributed by atoms with Gasteiger partial charge in [0.05, 0.1) is 0 Å². The number of para-hydroxylation sites is 1. The van der Waals surface area contributed by atoms with Gasteiger partial charge in [-0.25, -0.2) is 9.48 Å². The predicted octanol–water partition coefficient (Wildman–Crippen LogP) is 1.83. The van der Waals surface area contributed by atoms with Gasteiger partial charge in [-0.2, -0.15) is 5.10 Å². The summed E-state index contributed by atoms with van der Waals surface area (Å²) in [6.07, 6.45) is 2.39. The first-order chi connectivity index (χ1) is 11.3. The van der Waals surface area contributed by atoms with E-state index in [-0.39, 0.29) is 23.6 Å². The molecule has 1 amide bonds. The lowest BCUT2D eigenvalue weighted by molar-refractivity contribution is -0.119. The van der Waals surface area contributed by atoms with E-state index in [0.717, 1.165) is 12.1 Å². The monoisotopic (exact) mass is 328 g/mol. The summed E-state index contributed by atoms with van der Waals surface area (Å²) < 4.78 is 2.58. The summed E-state index contributed by atoms with van der Waals surface area (Å²) in [5, 5.41) is 3.99. The maximum absolute atomic E-state index is 12.9. The minimum atomic E-state index is -0.277. The quantitative estimate of drug-likeness (QED) is 0.845. The zero-order chi connectivity index (χ0) is 17.5. The summed E-state index contributed by atoms with van der Waals surface area (Å²) >= 11 is 0. The fourth-order valence-corrected chi connectivity index (χ4v) is 3.15. The molecule has 3 rings (SSSR count). The molecular formula is C18H24N4O2.